The summed E-state index contributed by atoms with van der Waals surface area (Å²) in [6.45, 7) is 1.69. The largest absolute Gasteiger partial charge is 0.360 e. The second kappa shape index (κ2) is 9.78. The molecule has 1 aliphatic carbocycles. The minimum atomic E-state index is -0.117. The van der Waals surface area contributed by atoms with E-state index in [0.29, 0.717) is 17.7 Å². The number of rotatable bonds is 9. The molecular weight excluding hydrogens is 384 g/mol. The Morgan fingerprint density at radius 1 is 1.28 bits per heavy atom. The van der Waals surface area contributed by atoms with E-state index in [-0.39, 0.29) is 11.9 Å². The van der Waals surface area contributed by atoms with Gasteiger partial charge in [-0.15, -0.1) is 0 Å². The van der Waals surface area contributed by atoms with Crippen molar-refractivity contribution >= 4 is 17.9 Å². The average Bonchev–Trinajstić information content (AvgIpc) is 3.47. The maximum atomic E-state index is 12.7. The van der Waals surface area contributed by atoms with E-state index in [0.717, 1.165) is 63.1 Å². The van der Waals surface area contributed by atoms with Gasteiger partial charge in [0, 0.05) is 36.4 Å². The molecular formula is C22H30N4O2S. The summed E-state index contributed by atoms with van der Waals surface area (Å²) < 4.78 is 7.83. The number of carbonyl (C=O) groups is 1. The molecule has 2 aliphatic rings. The van der Waals surface area contributed by atoms with Crippen molar-refractivity contribution in [2.24, 2.45) is 5.73 Å². The molecule has 0 radical (unpaired) electrons. The lowest BCUT2D eigenvalue weighted by Gasteiger charge is -2.39. The summed E-state index contributed by atoms with van der Waals surface area (Å²) in [5.74, 6) is 2.24. The van der Waals surface area contributed by atoms with Crippen LogP contribution in [0.3, 0.4) is 0 Å². The molecule has 1 aromatic heterocycles. The van der Waals surface area contributed by atoms with Gasteiger partial charge in [0.25, 0.3) is 5.91 Å². The molecule has 6 nitrogen and oxygen atoms in total. The van der Waals surface area contributed by atoms with Gasteiger partial charge < -0.3 is 15.6 Å². The molecule has 29 heavy (non-hydrogen) atoms. The normalized spacial score (nSPS) is 22.5. The van der Waals surface area contributed by atoms with Gasteiger partial charge in [-0.1, -0.05) is 47.4 Å². The Morgan fingerprint density at radius 2 is 2.10 bits per heavy atom. The molecule has 2 atom stereocenters. The van der Waals surface area contributed by atoms with Gasteiger partial charge in [0.1, 0.15) is 5.76 Å². The molecule has 0 bridgehead atoms. The number of hydrogen-bond acceptors (Lipinski definition) is 6. The van der Waals surface area contributed by atoms with E-state index in [1.54, 1.807) is 0 Å². The van der Waals surface area contributed by atoms with Gasteiger partial charge in [-0.05, 0) is 50.6 Å². The van der Waals surface area contributed by atoms with Gasteiger partial charge in [0.15, 0.2) is 5.69 Å². The molecule has 2 heterocycles. The lowest BCUT2D eigenvalue weighted by molar-refractivity contribution is 0.0904. The first kappa shape index (κ1) is 20.4. The standard InChI is InChI=1S/C22H30N4O2S/c23-10-4-12-29-26-11-9-18(14-19(26)13-16-5-2-1-3-6-16)24-22(27)20-15-21(28-25-20)17-7-8-17/h1-3,5-6,15,17-19H,4,7-14,23H2,(H,24,27). The smallest absolute Gasteiger partial charge is 0.273 e. The van der Waals surface area contributed by atoms with E-state index in [9.17, 15) is 4.79 Å². The zero-order chi connectivity index (χ0) is 20.1. The average molecular weight is 415 g/mol. The van der Waals surface area contributed by atoms with Crippen LogP contribution in [-0.4, -0.2) is 46.3 Å². The van der Waals surface area contributed by atoms with E-state index < -0.39 is 0 Å². The van der Waals surface area contributed by atoms with Gasteiger partial charge in [-0.25, -0.2) is 4.31 Å². The lowest BCUT2D eigenvalue weighted by Crippen LogP contribution is -2.48. The highest BCUT2D eigenvalue weighted by Crippen LogP contribution is 2.40. The van der Waals surface area contributed by atoms with Crippen LogP contribution in [-0.2, 0) is 6.42 Å². The first-order valence-electron chi connectivity index (χ1n) is 10.6. The number of piperidine rings is 1. The van der Waals surface area contributed by atoms with Gasteiger partial charge in [-0.3, -0.25) is 4.79 Å². The molecule has 1 saturated carbocycles. The Bertz CT molecular complexity index is 793. The summed E-state index contributed by atoms with van der Waals surface area (Å²) in [7, 11) is 0. The zero-order valence-corrected chi connectivity index (χ0v) is 17.6. The predicted octanol–water partition coefficient (Wildman–Crippen LogP) is 3.35. The summed E-state index contributed by atoms with van der Waals surface area (Å²) in [5, 5.41) is 7.18. The Morgan fingerprint density at radius 3 is 2.86 bits per heavy atom. The Kier molecular flexibility index (Phi) is 6.90. The third kappa shape index (κ3) is 5.62. The monoisotopic (exact) mass is 414 g/mol. The van der Waals surface area contributed by atoms with Crippen LogP contribution in [0.15, 0.2) is 40.9 Å². The molecule has 3 N–H and O–H groups in total. The first-order chi connectivity index (χ1) is 14.2. The summed E-state index contributed by atoms with van der Waals surface area (Å²) in [6, 6.07) is 12.9. The van der Waals surface area contributed by atoms with Crippen molar-refractivity contribution in [3.05, 3.63) is 53.4 Å². The Labute approximate surface area is 176 Å². The fourth-order valence-corrected chi connectivity index (χ4v) is 5.02. The minimum Gasteiger partial charge on any atom is -0.360 e. The van der Waals surface area contributed by atoms with Crippen LogP contribution in [0.25, 0.3) is 0 Å². The third-order valence-electron chi connectivity index (χ3n) is 5.66. The van der Waals surface area contributed by atoms with Gasteiger partial charge in [0.2, 0.25) is 0 Å². The van der Waals surface area contributed by atoms with Crippen LogP contribution < -0.4 is 11.1 Å². The molecule has 7 heteroatoms. The molecule has 1 saturated heterocycles. The molecule has 4 rings (SSSR count). The third-order valence-corrected chi connectivity index (χ3v) is 6.94. The highest BCUT2D eigenvalue weighted by atomic mass is 32.2. The van der Waals surface area contributed by atoms with Crippen LogP contribution >= 0.6 is 11.9 Å². The number of aromatic nitrogens is 1. The van der Waals surface area contributed by atoms with Crippen molar-refractivity contribution in [3.8, 4) is 0 Å². The summed E-state index contributed by atoms with van der Waals surface area (Å²) in [5.41, 5.74) is 7.41. The second-order valence-corrected chi connectivity index (χ2v) is 9.18. The Balaban J connectivity index is 1.37. The van der Waals surface area contributed by atoms with Crippen molar-refractivity contribution in [2.45, 2.75) is 56.5 Å². The van der Waals surface area contributed by atoms with E-state index in [2.05, 4.69) is 45.1 Å². The van der Waals surface area contributed by atoms with E-state index in [4.69, 9.17) is 10.3 Å². The van der Waals surface area contributed by atoms with Crippen LogP contribution in [0.4, 0.5) is 0 Å². The summed E-state index contributed by atoms with van der Waals surface area (Å²) in [6.07, 6.45) is 6.16. The second-order valence-electron chi connectivity index (χ2n) is 8.04. The van der Waals surface area contributed by atoms with Gasteiger partial charge >= 0.3 is 0 Å². The molecule has 1 aromatic carbocycles. The number of nitrogens with one attached hydrogen (secondary N) is 1. The van der Waals surface area contributed by atoms with Crippen LogP contribution in [0, 0.1) is 0 Å². The molecule has 2 aromatic rings. The molecule has 1 aliphatic heterocycles. The molecule has 0 spiro atoms. The molecule has 156 valence electrons. The van der Waals surface area contributed by atoms with Crippen molar-refractivity contribution in [1.82, 2.24) is 14.8 Å². The minimum absolute atomic E-state index is 0.117. The van der Waals surface area contributed by atoms with E-state index in [1.165, 1.54) is 5.56 Å². The van der Waals surface area contributed by atoms with Crippen molar-refractivity contribution in [1.29, 1.82) is 0 Å². The molecule has 2 fully saturated rings. The van der Waals surface area contributed by atoms with Crippen molar-refractivity contribution < 1.29 is 9.32 Å². The first-order valence-corrected chi connectivity index (χ1v) is 11.6. The summed E-state index contributed by atoms with van der Waals surface area (Å²) >= 11 is 1.89. The van der Waals surface area contributed by atoms with Gasteiger partial charge in [0.05, 0.1) is 0 Å². The number of carbonyl (C=O) groups excluding carboxylic acids is 1. The maximum absolute atomic E-state index is 12.7. The number of hydrogen-bond donors (Lipinski definition) is 2. The fourth-order valence-electron chi connectivity index (χ4n) is 3.88. The Hall–Kier alpha value is -1.83. The topological polar surface area (TPSA) is 84.4 Å². The highest BCUT2D eigenvalue weighted by Gasteiger charge is 2.32. The fraction of sp³-hybridized carbons (Fsp3) is 0.545. The SMILES string of the molecule is NCCCSN1CCC(NC(=O)c2cc(C3CC3)on2)CC1Cc1ccccc1. The predicted molar refractivity (Wildman–Crippen MR) is 116 cm³/mol. The number of nitrogens with zero attached hydrogens (tertiary/aromatic N) is 2. The zero-order valence-electron chi connectivity index (χ0n) is 16.8. The number of nitrogens with two attached hydrogens (primary N) is 1. The number of amides is 1. The van der Waals surface area contributed by atoms with Crippen molar-refractivity contribution in [2.75, 3.05) is 18.8 Å². The highest BCUT2D eigenvalue weighted by molar-refractivity contribution is 7.97. The van der Waals surface area contributed by atoms with Crippen LogP contribution in [0.1, 0.15) is 59.8 Å². The van der Waals surface area contributed by atoms with Crippen LogP contribution in [0.5, 0.6) is 0 Å². The summed E-state index contributed by atoms with van der Waals surface area (Å²) in [4.78, 5) is 12.7. The molecule has 1 amide bonds. The van der Waals surface area contributed by atoms with Crippen molar-refractivity contribution in [3.63, 3.8) is 0 Å². The molecule has 2 unspecified atom stereocenters. The van der Waals surface area contributed by atoms with Gasteiger partial charge in [-0.2, -0.15) is 0 Å². The van der Waals surface area contributed by atoms with E-state index in [1.807, 2.05) is 18.0 Å². The number of benzene rings is 1. The lowest BCUT2D eigenvalue weighted by atomic mass is 9.94. The van der Waals surface area contributed by atoms with E-state index >= 15 is 0 Å². The quantitative estimate of drug-likeness (QED) is 0.484. The van der Waals surface area contributed by atoms with Crippen LogP contribution in [0.2, 0.25) is 0 Å². The maximum Gasteiger partial charge on any atom is 0.273 e.